The van der Waals surface area contributed by atoms with Crippen LogP contribution in [0, 0.1) is 12.8 Å². The van der Waals surface area contributed by atoms with Gasteiger partial charge in [-0.1, -0.05) is 37.3 Å². The zero-order valence-electron chi connectivity index (χ0n) is 18.5. The molecule has 0 amide bonds. The summed E-state index contributed by atoms with van der Waals surface area (Å²) < 4.78 is 7.62. The number of para-hydroxylation sites is 1. The Morgan fingerprint density at radius 2 is 2.00 bits per heavy atom. The van der Waals surface area contributed by atoms with Gasteiger partial charge in [-0.2, -0.15) is 0 Å². The van der Waals surface area contributed by atoms with Crippen LogP contribution >= 0.6 is 22.7 Å². The number of hydrogen-bond acceptors (Lipinski definition) is 8. The Balaban J connectivity index is 1.84. The molecule has 8 nitrogen and oxygen atoms in total. The molecule has 1 unspecified atom stereocenters. The number of aromatic nitrogens is 3. The van der Waals surface area contributed by atoms with Crippen molar-refractivity contribution >= 4 is 49.6 Å². The van der Waals surface area contributed by atoms with Crippen LogP contribution in [0.1, 0.15) is 36.5 Å². The summed E-state index contributed by atoms with van der Waals surface area (Å²) in [7, 11) is 0. The second kappa shape index (κ2) is 8.30. The van der Waals surface area contributed by atoms with Crippen molar-refractivity contribution in [1.82, 2.24) is 14.5 Å². The Kier molecular flexibility index (Phi) is 5.41. The number of aromatic amines is 1. The van der Waals surface area contributed by atoms with E-state index in [0.717, 1.165) is 11.3 Å². The molecule has 0 aliphatic rings. The number of nitrogens with zero attached hydrogens (tertiary/aromatic N) is 2. The summed E-state index contributed by atoms with van der Waals surface area (Å²) in [6, 6.07) is 8.14. The Morgan fingerprint density at radius 1 is 1.24 bits per heavy atom. The number of carbonyl (C=O) groups is 1. The van der Waals surface area contributed by atoms with Gasteiger partial charge in [-0.3, -0.25) is 19.4 Å². The van der Waals surface area contributed by atoms with Crippen LogP contribution in [-0.4, -0.2) is 20.3 Å². The highest BCUT2D eigenvalue weighted by molar-refractivity contribution is 7.20. The van der Waals surface area contributed by atoms with Crippen LogP contribution in [0.2, 0.25) is 0 Å². The zero-order chi connectivity index (χ0) is 24.1. The van der Waals surface area contributed by atoms with Crippen molar-refractivity contribution < 1.29 is 9.21 Å². The third-order valence-corrected chi connectivity index (χ3v) is 7.77. The summed E-state index contributed by atoms with van der Waals surface area (Å²) in [5, 5.41) is 2.35. The average Bonchev–Trinajstić information content (AvgIpc) is 3.42. The quantitative estimate of drug-likeness (QED) is 0.360. The van der Waals surface area contributed by atoms with Crippen LogP contribution < -0.4 is 16.7 Å². The standard InChI is InChI=1S/C24H19N3O5S2/c1-4-11(2)18(29)17-20(14-10-33-21-16(28)9-12(3)32-19(14)21)34-24(25-17)27-15-8-6-5-7-13(15)22(30)26-23(27)31/h5-11H,4H2,1-3H3,(H,26,30,31). The number of fused-ring (bicyclic) bond motifs is 2. The van der Waals surface area contributed by atoms with E-state index in [-0.39, 0.29) is 28.0 Å². The Bertz CT molecular complexity index is 1770. The van der Waals surface area contributed by atoms with Crippen molar-refractivity contribution in [2.75, 3.05) is 0 Å². The summed E-state index contributed by atoms with van der Waals surface area (Å²) in [6.07, 6.45) is 0.616. The van der Waals surface area contributed by atoms with E-state index < -0.39 is 11.2 Å². The van der Waals surface area contributed by atoms with Gasteiger partial charge in [-0.25, -0.2) is 14.3 Å². The molecule has 0 saturated carbocycles. The van der Waals surface area contributed by atoms with Crippen molar-refractivity contribution in [3.8, 4) is 15.6 Å². The van der Waals surface area contributed by atoms with E-state index in [1.54, 1.807) is 36.6 Å². The topological polar surface area (TPSA) is 115 Å². The Labute approximate surface area is 200 Å². The molecule has 4 heterocycles. The molecule has 0 aliphatic carbocycles. The molecular weight excluding hydrogens is 474 g/mol. The van der Waals surface area contributed by atoms with Crippen molar-refractivity contribution in [2.45, 2.75) is 27.2 Å². The molecule has 0 radical (unpaired) electrons. The average molecular weight is 494 g/mol. The minimum absolute atomic E-state index is 0.155. The highest BCUT2D eigenvalue weighted by atomic mass is 32.1. The van der Waals surface area contributed by atoms with Crippen LogP contribution in [0.5, 0.6) is 0 Å². The predicted octanol–water partition coefficient (Wildman–Crippen LogP) is 4.51. The number of thiophene rings is 1. The highest BCUT2D eigenvalue weighted by Crippen LogP contribution is 2.40. The van der Waals surface area contributed by atoms with Crippen LogP contribution in [0.15, 0.2) is 54.5 Å². The summed E-state index contributed by atoms with van der Waals surface area (Å²) in [5.74, 6) is -0.00735. The van der Waals surface area contributed by atoms with Gasteiger partial charge in [0.2, 0.25) is 5.43 Å². The number of Topliss-reactive ketones (excluding diaryl/α,β-unsaturated/α-hetero) is 1. The van der Waals surface area contributed by atoms with Gasteiger partial charge in [0.05, 0.1) is 15.8 Å². The summed E-state index contributed by atoms with van der Waals surface area (Å²) in [4.78, 5) is 58.4. The molecule has 5 rings (SSSR count). The maximum absolute atomic E-state index is 13.3. The summed E-state index contributed by atoms with van der Waals surface area (Å²) in [5.41, 5.74) is 0.268. The number of rotatable bonds is 5. The van der Waals surface area contributed by atoms with Crippen molar-refractivity contribution in [1.29, 1.82) is 0 Å². The first kappa shape index (κ1) is 22.2. The predicted molar refractivity (Wildman–Crippen MR) is 134 cm³/mol. The molecular formula is C24H19N3O5S2. The second-order valence-corrected chi connectivity index (χ2v) is 9.85. The smallest absolute Gasteiger partial charge is 0.335 e. The van der Waals surface area contributed by atoms with Gasteiger partial charge in [-0.05, 0) is 25.5 Å². The van der Waals surface area contributed by atoms with Crippen LogP contribution in [0.25, 0.3) is 36.8 Å². The molecule has 0 fully saturated rings. The third-order valence-electron chi connectivity index (χ3n) is 5.72. The van der Waals surface area contributed by atoms with E-state index in [9.17, 15) is 19.2 Å². The third kappa shape index (κ3) is 3.46. The molecule has 1 atom stereocenters. The van der Waals surface area contributed by atoms with E-state index in [1.165, 1.54) is 22.0 Å². The molecule has 0 aliphatic heterocycles. The largest absolute Gasteiger partial charge is 0.460 e. The number of ketones is 1. The molecule has 4 aromatic heterocycles. The molecule has 1 N–H and O–H groups in total. The summed E-state index contributed by atoms with van der Waals surface area (Å²) in [6.45, 7) is 5.43. The van der Waals surface area contributed by atoms with E-state index in [1.807, 2.05) is 13.8 Å². The van der Waals surface area contributed by atoms with Gasteiger partial charge in [0.25, 0.3) is 5.56 Å². The first-order chi connectivity index (χ1) is 16.3. The molecule has 5 aromatic rings. The van der Waals surface area contributed by atoms with Gasteiger partial charge in [0, 0.05) is 22.9 Å². The lowest BCUT2D eigenvalue weighted by Gasteiger charge is -2.07. The van der Waals surface area contributed by atoms with E-state index in [4.69, 9.17) is 4.42 Å². The SMILES string of the molecule is CCC(C)C(=O)c1nc(-n2c(=O)[nH]c(=O)c3ccccc32)sc1-c1csc2c(=O)cc(C)oc12. The number of benzene rings is 1. The normalized spacial score (nSPS) is 12.4. The maximum Gasteiger partial charge on any atom is 0.335 e. The van der Waals surface area contributed by atoms with Crippen LogP contribution in [0.4, 0.5) is 0 Å². The number of thiazole rings is 1. The summed E-state index contributed by atoms with van der Waals surface area (Å²) >= 11 is 2.38. The van der Waals surface area contributed by atoms with Crippen LogP contribution in [0.3, 0.4) is 0 Å². The maximum atomic E-state index is 13.3. The Hall–Kier alpha value is -3.63. The number of aryl methyl sites for hydroxylation is 1. The second-order valence-electron chi connectivity index (χ2n) is 7.99. The first-order valence-corrected chi connectivity index (χ1v) is 12.3. The van der Waals surface area contributed by atoms with Crippen molar-refractivity contribution in [3.05, 3.63) is 78.2 Å². The first-order valence-electron chi connectivity index (χ1n) is 10.6. The number of nitrogens with one attached hydrogen (secondary N) is 1. The molecule has 172 valence electrons. The lowest BCUT2D eigenvalue weighted by atomic mass is 9.99. The molecule has 0 saturated heterocycles. The zero-order valence-corrected chi connectivity index (χ0v) is 20.1. The highest BCUT2D eigenvalue weighted by Gasteiger charge is 2.27. The van der Waals surface area contributed by atoms with E-state index >= 15 is 0 Å². The minimum atomic E-state index is -0.649. The van der Waals surface area contributed by atoms with Crippen molar-refractivity contribution in [3.63, 3.8) is 0 Å². The van der Waals surface area contributed by atoms with Gasteiger partial charge in [0.1, 0.15) is 16.2 Å². The van der Waals surface area contributed by atoms with Gasteiger partial charge in [-0.15, -0.1) is 11.3 Å². The monoisotopic (exact) mass is 493 g/mol. The number of H-pyrrole nitrogens is 1. The fourth-order valence-corrected chi connectivity index (χ4v) is 5.83. The number of hydrogen-bond donors (Lipinski definition) is 1. The van der Waals surface area contributed by atoms with E-state index in [0.29, 0.717) is 43.8 Å². The number of carbonyl (C=O) groups excluding carboxylic acids is 1. The molecule has 34 heavy (non-hydrogen) atoms. The van der Waals surface area contributed by atoms with Crippen LogP contribution in [-0.2, 0) is 0 Å². The lowest BCUT2D eigenvalue weighted by molar-refractivity contribution is 0.0923. The minimum Gasteiger partial charge on any atom is -0.460 e. The van der Waals surface area contributed by atoms with Crippen molar-refractivity contribution in [2.24, 2.45) is 5.92 Å². The fourth-order valence-electron chi connectivity index (χ4n) is 3.77. The Morgan fingerprint density at radius 3 is 2.76 bits per heavy atom. The fraction of sp³-hybridized carbons (Fsp3) is 0.208. The molecule has 10 heteroatoms. The van der Waals surface area contributed by atoms with Gasteiger partial charge < -0.3 is 4.42 Å². The molecule has 0 spiro atoms. The molecule has 0 bridgehead atoms. The van der Waals surface area contributed by atoms with E-state index in [2.05, 4.69) is 9.97 Å². The molecule has 1 aromatic carbocycles. The van der Waals surface area contributed by atoms with Gasteiger partial charge in [0.15, 0.2) is 16.5 Å². The van der Waals surface area contributed by atoms with Gasteiger partial charge >= 0.3 is 5.69 Å². The lowest BCUT2D eigenvalue weighted by Crippen LogP contribution is -2.29.